The number of anilines is 1. The van der Waals surface area contributed by atoms with Crippen LogP contribution in [0.15, 0.2) is 24.4 Å². The van der Waals surface area contributed by atoms with Gasteiger partial charge in [0, 0.05) is 13.2 Å². The molecule has 0 bridgehead atoms. The van der Waals surface area contributed by atoms with Gasteiger partial charge in [0.25, 0.3) is 5.91 Å². The van der Waals surface area contributed by atoms with Gasteiger partial charge in [-0.2, -0.15) is 5.10 Å². The van der Waals surface area contributed by atoms with Gasteiger partial charge < -0.3 is 10.4 Å². The zero-order valence-corrected chi connectivity index (χ0v) is 10.6. The van der Waals surface area contributed by atoms with E-state index in [1.54, 1.807) is 17.9 Å². The SMILES string of the molecule is CCc1nn(C)cc1NC(=O)c1cc(F)ccc1O. The van der Waals surface area contributed by atoms with Crippen LogP contribution in [0.2, 0.25) is 0 Å². The number of hydrogen-bond donors (Lipinski definition) is 2. The van der Waals surface area contributed by atoms with E-state index in [2.05, 4.69) is 10.4 Å². The van der Waals surface area contributed by atoms with Crippen LogP contribution in [0, 0.1) is 5.82 Å². The molecule has 5 nitrogen and oxygen atoms in total. The Bertz CT molecular complexity index is 622. The second-order valence-electron chi connectivity index (χ2n) is 4.13. The number of aryl methyl sites for hydroxylation is 2. The number of aromatic hydroxyl groups is 1. The molecule has 0 aliphatic rings. The molecule has 1 aromatic heterocycles. The van der Waals surface area contributed by atoms with Gasteiger partial charge in [-0.05, 0) is 24.6 Å². The minimum atomic E-state index is -0.579. The first-order valence-corrected chi connectivity index (χ1v) is 5.83. The van der Waals surface area contributed by atoms with E-state index in [0.717, 1.165) is 23.9 Å². The van der Waals surface area contributed by atoms with Crippen LogP contribution < -0.4 is 5.32 Å². The Kier molecular flexibility index (Phi) is 3.50. The summed E-state index contributed by atoms with van der Waals surface area (Å²) in [4.78, 5) is 12.0. The van der Waals surface area contributed by atoms with Gasteiger partial charge in [-0.3, -0.25) is 9.48 Å². The van der Waals surface area contributed by atoms with Crippen LogP contribution in [0.4, 0.5) is 10.1 Å². The second-order valence-corrected chi connectivity index (χ2v) is 4.13. The van der Waals surface area contributed by atoms with Gasteiger partial charge in [-0.25, -0.2) is 4.39 Å². The molecule has 0 saturated carbocycles. The Morgan fingerprint density at radius 1 is 1.53 bits per heavy atom. The van der Waals surface area contributed by atoms with Crippen LogP contribution in [0.1, 0.15) is 23.0 Å². The standard InChI is InChI=1S/C13H14FN3O2/c1-3-10-11(7-17(2)16-10)15-13(19)9-6-8(14)4-5-12(9)18/h4-7,18H,3H2,1-2H3,(H,15,19). The van der Waals surface area contributed by atoms with Gasteiger partial charge in [-0.15, -0.1) is 0 Å². The number of benzene rings is 1. The number of phenolic OH excluding ortho intramolecular Hbond substituents is 1. The average molecular weight is 263 g/mol. The summed E-state index contributed by atoms with van der Waals surface area (Å²) < 4.78 is 14.7. The molecule has 2 N–H and O–H groups in total. The van der Waals surface area contributed by atoms with Gasteiger partial charge in [-0.1, -0.05) is 6.92 Å². The largest absolute Gasteiger partial charge is 0.507 e. The molecule has 0 atom stereocenters. The van der Waals surface area contributed by atoms with E-state index in [9.17, 15) is 14.3 Å². The molecule has 100 valence electrons. The molecule has 0 aliphatic carbocycles. The number of rotatable bonds is 3. The van der Waals surface area contributed by atoms with Crippen molar-refractivity contribution in [2.24, 2.45) is 7.05 Å². The minimum Gasteiger partial charge on any atom is -0.507 e. The quantitative estimate of drug-likeness (QED) is 0.891. The van der Waals surface area contributed by atoms with E-state index >= 15 is 0 Å². The number of carbonyl (C=O) groups excluding carboxylic acids is 1. The van der Waals surface area contributed by atoms with Gasteiger partial charge in [0.05, 0.1) is 16.9 Å². The number of halogens is 1. The Morgan fingerprint density at radius 2 is 2.26 bits per heavy atom. The summed E-state index contributed by atoms with van der Waals surface area (Å²) in [6.45, 7) is 1.91. The Hall–Kier alpha value is -2.37. The molecule has 1 amide bonds. The fourth-order valence-corrected chi connectivity index (χ4v) is 1.78. The maximum absolute atomic E-state index is 13.1. The minimum absolute atomic E-state index is 0.106. The first-order valence-electron chi connectivity index (χ1n) is 5.83. The van der Waals surface area contributed by atoms with Crippen molar-refractivity contribution >= 4 is 11.6 Å². The average Bonchev–Trinajstić information content (AvgIpc) is 2.72. The van der Waals surface area contributed by atoms with E-state index in [4.69, 9.17) is 0 Å². The van der Waals surface area contributed by atoms with Gasteiger partial charge >= 0.3 is 0 Å². The molecule has 19 heavy (non-hydrogen) atoms. The lowest BCUT2D eigenvalue weighted by atomic mass is 10.1. The molecular formula is C13H14FN3O2. The third-order valence-corrected chi connectivity index (χ3v) is 2.69. The predicted molar refractivity (Wildman–Crippen MR) is 68.6 cm³/mol. The summed E-state index contributed by atoms with van der Waals surface area (Å²) in [6, 6.07) is 3.23. The zero-order valence-electron chi connectivity index (χ0n) is 10.6. The van der Waals surface area contributed by atoms with Crippen LogP contribution in [0.25, 0.3) is 0 Å². The summed E-state index contributed by atoms with van der Waals surface area (Å²) in [6.07, 6.45) is 2.32. The van der Waals surface area contributed by atoms with E-state index < -0.39 is 11.7 Å². The van der Waals surface area contributed by atoms with Gasteiger partial charge in [0.2, 0.25) is 0 Å². The van der Waals surface area contributed by atoms with E-state index in [0.29, 0.717) is 12.1 Å². The lowest BCUT2D eigenvalue weighted by Gasteiger charge is -2.06. The highest BCUT2D eigenvalue weighted by Crippen LogP contribution is 2.21. The van der Waals surface area contributed by atoms with Crippen molar-refractivity contribution in [3.63, 3.8) is 0 Å². The summed E-state index contributed by atoms with van der Waals surface area (Å²) in [7, 11) is 1.74. The molecular weight excluding hydrogens is 249 g/mol. The van der Waals surface area contributed by atoms with Crippen LogP contribution in [0.3, 0.4) is 0 Å². The van der Waals surface area contributed by atoms with Crippen molar-refractivity contribution in [1.29, 1.82) is 0 Å². The van der Waals surface area contributed by atoms with E-state index in [-0.39, 0.29) is 11.3 Å². The van der Waals surface area contributed by atoms with Crippen LogP contribution in [-0.4, -0.2) is 20.8 Å². The van der Waals surface area contributed by atoms with Crippen LogP contribution in [0.5, 0.6) is 5.75 Å². The van der Waals surface area contributed by atoms with Crippen LogP contribution in [-0.2, 0) is 13.5 Å². The second kappa shape index (κ2) is 5.09. The van der Waals surface area contributed by atoms with Crippen molar-refractivity contribution in [3.05, 3.63) is 41.5 Å². The smallest absolute Gasteiger partial charge is 0.259 e. The fraction of sp³-hybridized carbons (Fsp3) is 0.231. The van der Waals surface area contributed by atoms with E-state index in [1.807, 2.05) is 6.92 Å². The maximum atomic E-state index is 13.1. The molecule has 1 aromatic carbocycles. The first-order chi connectivity index (χ1) is 9.01. The molecule has 0 unspecified atom stereocenters. The van der Waals surface area contributed by atoms with Crippen molar-refractivity contribution < 1.29 is 14.3 Å². The third-order valence-electron chi connectivity index (χ3n) is 2.69. The monoisotopic (exact) mass is 263 g/mol. The van der Waals surface area contributed by atoms with Gasteiger partial charge in [0.1, 0.15) is 11.6 Å². The normalized spacial score (nSPS) is 10.5. The lowest BCUT2D eigenvalue weighted by Crippen LogP contribution is -2.13. The number of aromatic nitrogens is 2. The molecule has 0 saturated heterocycles. The number of phenols is 1. The first kappa shape index (κ1) is 13.1. The zero-order chi connectivity index (χ0) is 14.0. The highest BCUT2D eigenvalue weighted by molar-refractivity contribution is 6.06. The topological polar surface area (TPSA) is 67.2 Å². The molecule has 0 aliphatic heterocycles. The molecule has 2 rings (SSSR count). The number of hydrogen-bond acceptors (Lipinski definition) is 3. The summed E-state index contributed by atoms with van der Waals surface area (Å²) in [5, 5.41) is 16.4. The molecule has 1 heterocycles. The lowest BCUT2D eigenvalue weighted by molar-refractivity contribution is 0.102. The Labute approximate surface area is 109 Å². The number of amides is 1. The van der Waals surface area contributed by atoms with E-state index in [1.165, 1.54) is 0 Å². The molecule has 0 fully saturated rings. The van der Waals surface area contributed by atoms with Gasteiger partial charge in [0.15, 0.2) is 0 Å². The molecule has 6 heteroatoms. The summed E-state index contributed by atoms with van der Waals surface area (Å²) in [5.41, 5.74) is 1.18. The third kappa shape index (κ3) is 2.73. The van der Waals surface area contributed by atoms with Crippen molar-refractivity contribution in [2.75, 3.05) is 5.32 Å². The Morgan fingerprint density at radius 3 is 2.95 bits per heavy atom. The summed E-state index contributed by atoms with van der Waals surface area (Å²) >= 11 is 0. The maximum Gasteiger partial charge on any atom is 0.259 e. The molecule has 0 spiro atoms. The van der Waals surface area contributed by atoms with Crippen molar-refractivity contribution in [1.82, 2.24) is 9.78 Å². The highest BCUT2D eigenvalue weighted by Gasteiger charge is 2.15. The number of nitrogens with zero attached hydrogens (tertiary/aromatic N) is 2. The molecule has 2 aromatic rings. The van der Waals surface area contributed by atoms with Crippen molar-refractivity contribution in [3.8, 4) is 5.75 Å². The highest BCUT2D eigenvalue weighted by atomic mass is 19.1. The van der Waals surface area contributed by atoms with Crippen molar-refractivity contribution in [2.45, 2.75) is 13.3 Å². The summed E-state index contributed by atoms with van der Waals surface area (Å²) in [5.74, 6) is -1.41. The number of nitrogens with one attached hydrogen (secondary N) is 1. The molecule has 0 radical (unpaired) electrons. The number of carbonyl (C=O) groups is 1. The Balaban J connectivity index is 2.27. The van der Waals surface area contributed by atoms with Crippen LogP contribution >= 0.6 is 0 Å². The predicted octanol–water partition coefficient (Wildman–Crippen LogP) is 2.08. The fourth-order valence-electron chi connectivity index (χ4n) is 1.78.